The molecule has 0 spiro atoms. The van der Waals surface area contributed by atoms with Crippen molar-refractivity contribution in [1.82, 2.24) is 14.7 Å². The summed E-state index contributed by atoms with van der Waals surface area (Å²) in [6, 6.07) is 14.2. The maximum absolute atomic E-state index is 13.2. The van der Waals surface area contributed by atoms with Gasteiger partial charge in [0.25, 0.3) is 5.91 Å². The number of amides is 1. The highest BCUT2D eigenvalue weighted by Crippen LogP contribution is 2.27. The van der Waals surface area contributed by atoms with Crippen LogP contribution >= 0.6 is 11.6 Å². The number of hydrogen-bond acceptors (Lipinski definition) is 4. The zero-order valence-corrected chi connectivity index (χ0v) is 16.9. The van der Waals surface area contributed by atoms with Crippen LogP contribution in [-0.2, 0) is 9.53 Å². The average molecular weight is 416 g/mol. The van der Waals surface area contributed by atoms with Crippen LogP contribution < -0.4 is 0 Å². The van der Waals surface area contributed by atoms with Crippen molar-refractivity contribution in [2.75, 3.05) is 14.1 Å². The minimum atomic E-state index is -1.12. The third-order valence-corrected chi connectivity index (χ3v) is 4.62. The molecule has 0 saturated heterocycles. The minimum Gasteiger partial charge on any atom is -0.444 e. The molecule has 0 saturated carbocycles. The molecule has 0 unspecified atom stereocenters. The van der Waals surface area contributed by atoms with Crippen molar-refractivity contribution in [2.24, 2.45) is 0 Å². The molecule has 1 heterocycles. The van der Waals surface area contributed by atoms with Crippen LogP contribution in [0.1, 0.15) is 27.7 Å². The standard InChI is InChI=1S/C21H19ClFN3O3/c1-13-17(19(22)26(24-13)16-11-9-15(23)10-12-16)21(28)29-18(20(27)25(2)3)14-7-5-4-6-8-14/h4-12,18H,1-3H3/t18-/m1/s1. The van der Waals surface area contributed by atoms with Crippen LogP contribution in [0.15, 0.2) is 54.6 Å². The van der Waals surface area contributed by atoms with E-state index >= 15 is 0 Å². The fraction of sp³-hybridized carbons (Fsp3) is 0.190. The van der Waals surface area contributed by atoms with Crippen LogP contribution in [0.2, 0.25) is 5.15 Å². The predicted octanol–water partition coefficient (Wildman–Crippen LogP) is 3.96. The molecule has 29 heavy (non-hydrogen) atoms. The Morgan fingerprint density at radius 3 is 2.31 bits per heavy atom. The lowest BCUT2D eigenvalue weighted by Gasteiger charge is -2.21. The van der Waals surface area contributed by atoms with Crippen molar-refractivity contribution in [3.05, 3.63) is 82.4 Å². The number of ether oxygens (including phenoxy) is 1. The summed E-state index contributed by atoms with van der Waals surface area (Å²) in [5.41, 5.74) is 1.40. The van der Waals surface area contributed by atoms with Gasteiger partial charge in [0.05, 0.1) is 11.4 Å². The molecular weight excluding hydrogens is 397 g/mol. The molecule has 1 aromatic heterocycles. The summed E-state index contributed by atoms with van der Waals surface area (Å²) in [5.74, 6) is -1.56. The topological polar surface area (TPSA) is 64.4 Å². The van der Waals surface area contributed by atoms with Crippen molar-refractivity contribution in [3.63, 3.8) is 0 Å². The lowest BCUT2D eigenvalue weighted by atomic mass is 10.1. The summed E-state index contributed by atoms with van der Waals surface area (Å²) in [6.07, 6.45) is -1.12. The van der Waals surface area contributed by atoms with Gasteiger partial charge >= 0.3 is 5.97 Å². The van der Waals surface area contributed by atoms with Gasteiger partial charge < -0.3 is 9.64 Å². The Labute approximate surface area is 172 Å². The first-order valence-corrected chi connectivity index (χ1v) is 9.15. The summed E-state index contributed by atoms with van der Waals surface area (Å²) in [7, 11) is 3.16. The molecular formula is C21H19ClFN3O3. The normalized spacial score (nSPS) is 11.8. The number of aryl methyl sites for hydroxylation is 1. The van der Waals surface area contributed by atoms with Crippen LogP contribution in [0.25, 0.3) is 5.69 Å². The van der Waals surface area contributed by atoms with Gasteiger partial charge in [-0.15, -0.1) is 0 Å². The van der Waals surface area contributed by atoms with Crippen molar-refractivity contribution in [1.29, 1.82) is 0 Å². The van der Waals surface area contributed by atoms with E-state index in [1.54, 1.807) is 51.4 Å². The largest absolute Gasteiger partial charge is 0.444 e. The van der Waals surface area contributed by atoms with Gasteiger partial charge in [0.15, 0.2) is 0 Å². The van der Waals surface area contributed by atoms with Crippen molar-refractivity contribution < 1.29 is 18.7 Å². The van der Waals surface area contributed by atoms with Gasteiger partial charge in [-0.3, -0.25) is 4.79 Å². The summed E-state index contributed by atoms with van der Waals surface area (Å²) >= 11 is 6.38. The van der Waals surface area contributed by atoms with Crippen LogP contribution in [0, 0.1) is 12.7 Å². The fourth-order valence-electron chi connectivity index (χ4n) is 2.77. The molecule has 150 valence electrons. The Balaban J connectivity index is 1.95. The van der Waals surface area contributed by atoms with E-state index in [-0.39, 0.29) is 16.6 Å². The van der Waals surface area contributed by atoms with Gasteiger partial charge in [-0.2, -0.15) is 5.10 Å². The quantitative estimate of drug-likeness (QED) is 0.592. The molecule has 0 fully saturated rings. The van der Waals surface area contributed by atoms with Crippen LogP contribution in [0.3, 0.4) is 0 Å². The lowest BCUT2D eigenvalue weighted by Crippen LogP contribution is -2.31. The molecule has 0 bridgehead atoms. The van der Waals surface area contributed by atoms with Gasteiger partial charge in [0, 0.05) is 19.7 Å². The highest BCUT2D eigenvalue weighted by molar-refractivity contribution is 6.33. The van der Waals surface area contributed by atoms with Gasteiger partial charge in [-0.25, -0.2) is 13.9 Å². The van der Waals surface area contributed by atoms with Crippen molar-refractivity contribution >= 4 is 23.5 Å². The summed E-state index contributed by atoms with van der Waals surface area (Å²) in [4.78, 5) is 26.9. The Hall–Kier alpha value is -3.19. The van der Waals surface area contributed by atoms with E-state index in [2.05, 4.69) is 5.10 Å². The van der Waals surface area contributed by atoms with Gasteiger partial charge in [-0.1, -0.05) is 41.9 Å². The lowest BCUT2D eigenvalue weighted by molar-refractivity contribution is -0.138. The molecule has 3 rings (SSSR count). The first-order valence-electron chi connectivity index (χ1n) is 8.77. The molecule has 0 N–H and O–H groups in total. The summed E-state index contributed by atoms with van der Waals surface area (Å²) in [5, 5.41) is 4.27. The minimum absolute atomic E-state index is 0.0169. The van der Waals surface area contributed by atoms with E-state index in [1.807, 2.05) is 0 Å². The zero-order chi connectivity index (χ0) is 21.1. The maximum atomic E-state index is 13.2. The van der Waals surface area contributed by atoms with E-state index in [0.29, 0.717) is 16.9 Å². The Morgan fingerprint density at radius 2 is 1.72 bits per heavy atom. The molecule has 0 radical (unpaired) electrons. The number of carbonyl (C=O) groups is 2. The van der Waals surface area contributed by atoms with E-state index in [1.165, 1.54) is 33.8 Å². The molecule has 3 aromatic rings. The molecule has 6 nitrogen and oxygen atoms in total. The molecule has 0 aliphatic heterocycles. The first kappa shape index (κ1) is 20.5. The second-order valence-corrected chi connectivity index (χ2v) is 6.93. The second-order valence-electron chi connectivity index (χ2n) is 6.57. The second kappa shape index (κ2) is 8.45. The summed E-state index contributed by atoms with van der Waals surface area (Å²) in [6.45, 7) is 1.60. The summed E-state index contributed by atoms with van der Waals surface area (Å²) < 4.78 is 20.1. The molecule has 1 amide bonds. The number of halogens is 2. The SMILES string of the molecule is Cc1nn(-c2ccc(F)cc2)c(Cl)c1C(=O)O[C@@H](C(=O)N(C)C)c1ccccc1. The van der Waals surface area contributed by atoms with Gasteiger partial charge in [-0.05, 0) is 31.2 Å². The van der Waals surface area contributed by atoms with E-state index < -0.39 is 17.9 Å². The Kier molecular flexibility index (Phi) is 5.98. The molecule has 1 atom stereocenters. The third-order valence-electron chi connectivity index (χ3n) is 4.27. The first-order chi connectivity index (χ1) is 13.8. The van der Waals surface area contributed by atoms with Crippen LogP contribution in [-0.4, -0.2) is 40.7 Å². The number of likely N-dealkylation sites (N-methyl/N-ethyl adjacent to an activating group) is 1. The average Bonchev–Trinajstić information content (AvgIpc) is 3.00. The van der Waals surface area contributed by atoms with Gasteiger partial charge in [0.1, 0.15) is 16.5 Å². The smallest absolute Gasteiger partial charge is 0.344 e. The Bertz CT molecular complexity index is 1030. The molecule has 0 aliphatic carbocycles. The van der Waals surface area contributed by atoms with Crippen molar-refractivity contribution in [2.45, 2.75) is 13.0 Å². The molecule has 2 aromatic carbocycles. The number of nitrogens with zero attached hydrogens (tertiary/aromatic N) is 3. The van der Waals surface area contributed by atoms with E-state index in [9.17, 15) is 14.0 Å². The molecule has 0 aliphatic rings. The maximum Gasteiger partial charge on any atom is 0.344 e. The fourth-order valence-corrected chi connectivity index (χ4v) is 3.12. The Morgan fingerprint density at radius 1 is 1.10 bits per heavy atom. The zero-order valence-electron chi connectivity index (χ0n) is 16.1. The van der Waals surface area contributed by atoms with Crippen LogP contribution in [0.5, 0.6) is 0 Å². The monoisotopic (exact) mass is 415 g/mol. The number of carbonyl (C=O) groups excluding carboxylic acids is 2. The third kappa shape index (κ3) is 4.30. The number of benzene rings is 2. The number of rotatable bonds is 5. The van der Waals surface area contributed by atoms with Gasteiger partial charge in [0.2, 0.25) is 6.10 Å². The number of hydrogen-bond donors (Lipinski definition) is 0. The molecule has 8 heteroatoms. The predicted molar refractivity (Wildman–Crippen MR) is 107 cm³/mol. The van der Waals surface area contributed by atoms with Crippen LogP contribution in [0.4, 0.5) is 4.39 Å². The van der Waals surface area contributed by atoms with E-state index in [0.717, 1.165) is 0 Å². The van der Waals surface area contributed by atoms with E-state index in [4.69, 9.17) is 16.3 Å². The highest BCUT2D eigenvalue weighted by atomic mass is 35.5. The number of aromatic nitrogens is 2. The van der Waals surface area contributed by atoms with Crippen molar-refractivity contribution in [3.8, 4) is 5.69 Å². The highest BCUT2D eigenvalue weighted by Gasteiger charge is 2.30. The number of esters is 1.